The minimum Gasteiger partial charge on any atom is -0.456 e. The van der Waals surface area contributed by atoms with Crippen molar-refractivity contribution in [3.05, 3.63) is 113 Å². The summed E-state index contributed by atoms with van der Waals surface area (Å²) in [5.74, 6) is -2.13. The highest BCUT2D eigenvalue weighted by molar-refractivity contribution is 8.13. The van der Waals surface area contributed by atoms with Crippen LogP contribution in [-0.2, 0) is 35.2 Å². The van der Waals surface area contributed by atoms with Gasteiger partial charge < -0.3 is 30.7 Å². The molecular formula is C41H45N5O8S. The number of ether oxygens (including phenoxy) is 2. The molecule has 55 heavy (non-hydrogen) atoms. The Bertz CT molecular complexity index is 1920. The maximum absolute atomic E-state index is 13.6. The van der Waals surface area contributed by atoms with Gasteiger partial charge in [-0.05, 0) is 73.1 Å². The van der Waals surface area contributed by atoms with Gasteiger partial charge in [0, 0.05) is 25.1 Å². The van der Waals surface area contributed by atoms with Gasteiger partial charge in [0.25, 0.3) is 11.8 Å². The van der Waals surface area contributed by atoms with E-state index in [1.165, 1.54) is 19.1 Å². The highest BCUT2D eigenvalue weighted by Gasteiger charge is 2.30. The summed E-state index contributed by atoms with van der Waals surface area (Å²) in [5.41, 5.74) is 4.84. The fourth-order valence-electron chi connectivity index (χ4n) is 6.29. The molecule has 288 valence electrons. The number of cyclic esters (lactones) is 1. The number of alkyl carbamates (subject to hydrolysis) is 1. The molecule has 2 aliphatic rings. The molecule has 0 saturated carbocycles. The average molecular weight is 768 g/mol. The van der Waals surface area contributed by atoms with Crippen LogP contribution in [0.4, 0.5) is 4.79 Å². The predicted octanol–water partition coefficient (Wildman–Crippen LogP) is 5.07. The van der Waals surface area contributed by atoms with Crippen LogP contribution in [0.1, 0.15) is 79.2 Å². The molecule has 2 aromatic carbocycles. The molecule has 1 aliphatic carbocycles. The van der Waals surface area contributed by atoms with Gasteiger partial charge in [-0.3, -0.25) is 19.2 Å². The third kappa shape index (κ3) is 11.6. The van der Waals surface area contributed by atoms with Gasteiger partial charge in [-0.25, -0.2) is 14.6 Å². The van der Waals surface area contributed by atoms with E-state index in [1.54, 1.807) is 31.2 Å². The lowest BCUT2D eigenvalue weighted by Gasteiger charge is -2.22. The number of amides is 4. The number of pyridine rings is 1. The third-order valence-corrected chi connectivity index (χ3v) is 9.85. The summed E-state index contributed by atoms with van der Waals surface area (Å²) in [6.45, 7) is 3.49. The van der Waals surface area contributed by atoms with E-state index in [0.29, 0.717) is 30.7 Å². The standard InChI is InChI=1S/C41H45N5O8S/c1-3-34-38(49)46-36(19-8-10-21-42-41(52)53-25-33-31-17-6-4-15-29(31)30-16-5-7-18-32(30)33)40(51)54-28(14-9-11-22-55-26(2)47)23-37(48)43-24-27-13-12-20-35(44-27)39(50)45-34/h3-7,9,12-18,20,28,33,36H,8,10-11,19,21-25H2,1-2H3,(H,42,52)(H,43,48)(H,45,50)(H,46,49)/b14-9+,34-3-/t28-,36+/m1/s1. The average Bonchev–Trinajstić information content (AvgIpc) is 3.50. The van der Waals surface area contributed by atoms with E-state index in [1.807, 2.05) is 36.4 Å². The summed E-state index contributed by atoms with van der Waals surface area (Å²) in [7, 11) is 0. The number of carbonyl (C=O) groups is 6. The maximum Gasteiger partial charge on any atom is 0.407 e. The van der Waals surface area contributed by atoms with Crippen molar-refractivity contribution in [2.45, 2.75) is 70.6 Å². The molecule has 2 heterocycles. The number of fused-ring (bicyclic) bond motifs is 5. The van der Waals surface area contributed by atoms with Crippen molar-refractivity contribution in [2.24, 2.45) is 0 Å². The number of aromatic nitrogens is 1. The quantitative estimate of drug-likeness (QED) is 0.0891. The Morgan fingerprint density at radius 2 is 1.69 bits per heavy atom. The van der Waals surface area contributed by atoms with Gasteiger partial charge in [-0.15, -0.1) is 0 Å². The van der Waals surface area contributed by atoms with Crippen molar-refractivity contribution in [1.29, 1.82) is 0 Å². The van der Waals surface area contributed by atoms with Gasteiger partial charge in [0.2, 0.25) is 5.91 Å². The molecule has 5 rings (SSSR count). The van der Waals surface area contributed by atoms with Gasteiger partial charge in [0.15, 0.2) is 5.12 Å². The minimum atomic E-state index is -1.16. The fourth-order valence-corrected chi connectivity index (χ4v) is 6.83. The van der Waals surface area contributed by atoms with Crippen LogP contribution in [0, 0.1) is 0 Å². The summed E-state index contributed by atoms with van der Waals surface area (Å²) in [6.07, 6.45) is 4.44. The van der Waals surface area contributed by atoms with Gasteiger partial charge in [-0.1, -0.05) is 78.5 Å². The van der Waals surface area contributed by atoms with Crippen molar-refractivity contribution in [2.75, 3.05) is 18.9 Å². The van der Waals surface area contributed by atoms with E-state index in [-0.39, 0.29) is 55.0 Å². The molecule has 0 radical (unpaired) electrons. The fraction of sp³-hybridized carbons (Fsp3) is 0.341. The first-order valence-corrected chi connectivity index (χ1v) is 19.2. The minimum absolute atomic E-state index is 0.0171. The Balaban J connectivity index is 1.21. The van der Waals surface area contributed by atoms with Gasteiger partial charge >= 0.3 is 12.1 Å². The van der Waals surface area contributed by atoms with Crippen molar-refractivity contribution in [3.63, 3.8) is 0 Å². The molecule has 13 nitrogen and oxygen atoms in total. The van der Waals surface area contributed by atoms with Crippen molar-refractivity contribution in [1.82, 2.24) is 26.3 Å². The number of nitrogens with zero attached hydrogens (tertiary/aromatic N) is 1. The zero-order valence-corrected chi connectivity index (χ0v) is 31.6. The van der Waals surface area contributed by atoms with E-state index in [2.05, 4.69) is 38.4 Å². The van der Waals surface area contributed by atoms with Gasteiger partial charge in [0.1, 0.15) is 30.1 Å². The number of unbranched alkanes of at least 4 members (excludes halogenated alkanes) is 1. The lowest BCUT2D eigenvalue weighted by Crippen LogP contribution is -2.46. The monoisotopic (exact) mass is 767 g/mol. The Kier molecular flexibility index (Phi) is 14.8. The summed E-state index contributed by atoms with van der Waals surface area (Å²) in [5, 5.41) is 10.7. The molecule has 1 aromatic heterocycles. The molecule has 2 bridgehead atoms. The van der Waals surface area contributed by atoms with Crippen molar-refractivity contribution in [3.8, 4) is 11.1 Å². The molecule has 1 aliphatic heterocycles. The SMILES string of the molecule is C/C=C1\NC(=O)c2cccc(n2)CNC(=O)C[C@@H](/C=C/CCSC(C)=O)OC(=O)[C@H](CCCCNC(=O)OCC2c3ccccc3-c3ccccc32)NC1=O. The topological polar surface area (TPSA) is 182 Å². The first-order chi connectivity index (χ1) is 26.6. The number of esters is 1. The second-order valence-electron chi connectivity index (χ2n) is 13.0. The number of thioether (sulfide) groups is 1. The number of allylic oxidation sites excluding steroid dienone is 2. The lowest BCUT2D eigenvalue weighted by molar-refractivity contribution is -0.152. The smallest absolute Gasteiger partial charge is 0.407 e. The maximum atomic E-state index is 13.6. The Morgan fingerprint density at radius 3 is 2.40 bits per heavy atom. The number of hydrogen-bond acceptors (Lipinski definition) is 10. The number of carbonyl (C=O) groups excluding carboxylic acids is 6. The number of benzene rings is 2. The molecule has 0 unspecified atom stereocenters. The molecule has 3 aromatic rings. The Labute approximate surface area is 324 Å². The highest BCUT2D eigenvalue weighted by atomic mass is 32.2. The van der Waals surface area contributed by atoms with E-state index in [4.69, 9.17) is 9.47 Å². The van der Waals surface area contributed by atoms with Crippen LogP contribution in [-0.4, -0.2) is 70.9 Å². The van der Waals surface area contributed by atoms with E-state index < -0.39 is 41.9 Å². The molecule has 2 atom stereocenters. The number of nitrogens with one attached hydrogen (secondary N) is 4. The van der Waals surface area contributed by atoms with E-state index in [9.17, 15) is 28.8 Å². The molecule has 4 N–H and O–H groups in total. The Hall–Kier alpha value is -5.76. The van der Waals surface area contributed by atoms with Gasteiger partial charge in [0.05, 0.1) is 18.7 Å². The summed E-state index contributed by atoms with van der Waals surface area (Å²) >= 11 is 1.16. The van der Waals surface area contributed by atoms with Crippen LogP contribution in [0.5, 0.6) is 0 Å². The van der Waals surface area contributed by atoms with Crippen LogP contribution in [0.25, 0.3) is 11.1 Å². The number of hydrogen-bond donors (Lipinski definition) is 4. The summed E-state index contributed by atoms with van der Waals surface area (Å²) in [4.78, 5) is 81.4. The molecule has 4 amide bonds. The normalized spacial score (nSPS) is 18.5. The van der Waals surface area contributed by atoms with Crippen LogP contribution in [0.2, 0.25) is 0 Å². The highest BCUT2D eigenvalue weighted by Crippen LogP contribution is 2.44. The first kappa shape index (κ1) is 40.4. The second kappa shape index (κ2) is 20.1. The van der Waals surface area contributed by atoms with Crippen LogP contribution >= 0.6 is 11.8 Å². The largest absolute Gasteiger partial charge is 0.456 e. The lowest BCUT2D eigenvalue weighted by atomic mass is 9.98. The number of rotatable bonds is 11. The predicted molar refractivity (Wildman–Crippen MR) is 208 cm³/mol. The molecule has 0 spiro atoms. The van der Waals surface area contributed by atoms with E-state index in [0.717, 1.165) is 34.0 Å². The zero-order valence-electron chi connectivity index (χ0n) is 30.8. The molecule has 14 heteroatoms. The second-order valence-corrected chi connectivity index (χ2v) is 14.2. The zero-order chi connectivity index (χ0) is 39.2. The molecular weight excluding hydrogens is 723 g/mol. The van der Waals surface area contributed by atoms with Crippen molar-refractivity contribution >= 4 is 46.7 Å². The summed E-state index contributed by atoms with van der Waals surface area (Å²) < 4.78 is 11.4. The third-order valence-electron chi connectivity index (χ3n) is 9.00. The van der Waals surface area contributed by atoms with Crippen LogP contribution < -0.4 is 21.3 Å². The van der Waals surface area contributed by atoms with Crippen LogP contribution in [0.15, 0.2) is 90.7 Å². The summed E-state index contributed by atoms with van der Waals surface area (Å²) in [6, 6.07) is 19.7. The van der Waals surface area contributed by atoms with Crippen LogP contribution in [0.3, 0.4) is 0 Å². The Morgan fingerprint density at radius 1 is 0.964 bits per heavy atom. The van der Waals surface area contributed by atoms with Crippen molar-refractivity contribution < 1.29 is 38.2 Å². The molecule has 0 fully saturated rings. The van der Waals surface area contributed by atoms with E-state index >= 15 is 0 Å². The first-order valence-electron chi connectivity index (χ1n) is 18.2. The molecule has 0 saturated heterocycles. The van der Waals surface area contributed by atoms with Gasteiger partial charge in [-0.2, -0.15) is 0 Å².